The fourth-order valence-electron chi connectivity index (χ4n) is 4.57. The number of hydrogen-bond acceptors (Lipinski definition) is 8. The first-order valence-corrected chi connectivity index (χ1v) is 15.5. The van der Waals surface area contributed by atoms with E-state index in [1.807, 2.05) is 30.3 Å². The van der Waals surface area contributed by atoms with Crippen LogP contribution in [-0.2, 0) is 41.1 Å². The number of rotatable bonds is 11. The van der Waals surface area contributed by atoms with Gasteiger partial charge in [0.05, 0.1) is 23.4 Å². The van der Waals surface area contributed by atoms with Gasteiger partial charge in [0.1, 0.15) is 17.6 Å². The van der Waals surface area contributed by atoms with Crippen LogP contribution in [0.1, 0.15) is 38.8 Å². The molecule has 13 heteroatoms. The zero-order chi connectivity index (χ0) is 33.0. The topological polar surface area (TPSA) is 149 Å². The highest BCUT2D eigenvalue weighted by Gasteiger charge is 2.52. The molecule has 0 spiro atoms. The van der Waals surface area contributed by atoms with Crippen molar-refractivity contribution in [2.75, 3.05) is 13.1 Å². The van der Waals surface area contributed by atoms with Gasteiger partial charge in [-0.25, -0.2) is 22.4 Å². The Morgan fingerprint density at radius 2 is 1.62 bits per heavy atom. The van der Waals surface area contributed by atoms with Gasteiger partial charge >= 0.3 is 18.0 Å². The summed E-state index contributed by atoms with van der Waals surface area (Å²) in [5, 5.41) is 11.9. The van der Waals surface area contributed by atoms with Crippen molar-refractivity contribution in [3.05, 3.63) is 95.8 Å². The van der Waals surface area contributed by atoms with Crippen molar-refractivity contribution in [1.82, 2.24) is 9.62 Å². The maximum atomic E-state index is 13.6. The molecule has 0 unspecified atom stereocenters. The molecular weight excluding hydrogens is 607 g/mol. The molecule has 1 aliphatic rings. The van der Waals surface area contributed by atoms with E-state index >= 15 is 0 Å². The Balaban J connectivity index is 1.45. The Morgan fingerprint density at radius 1 is 0.978 bits per heavy atom. The first-order valence-electron chi connectivity index (χ1n) is 14.1. The zero-order valence-electron chi connectivity index (χ0n) is 25.2. The van der Waals surface area contributed by atoms with Crippen molar-refractivity contribution in [1.29, 1.82) is 0 Å². The van der Waals surface area contributed by atoms with E-state index in [0.29, 0.717) is 11.3 Å². The quantitative estimate of drug-likeness (QED) is 0.228. The van der Waals surface area contributed by atoms with Crippen LogP contribution in [0.4, 0.5) is 9.18 Å². The van der Waals surface area contributed by atoms with Crippen molar-refractivity contribution in [2.24, 2.45) is 5.41 Å². The molecule has 240 valence electrons. The fourth-order valence-corrected chi connectivity index (χ4v) is 6.17. The number of carbonyl (C=O) groups excluding carboxylic acids is 2. The Bertz CT molecular complexity index is 1640. The van der Waals surface area contributed by atoms with Crippen LogP contribution in [-0.4, -0.2) is 61.3 Å². The molecule has 1 heterocycles. The molecule has 0 bridgehead atoms. The van der Waals surface area contributed by atoms with Gasteiger partial charge in [-0.1, -0.05) is 42.5 Å². The van der Waals surface area contributed by atoms with Gasteiger partial charge in [-0.15, -0.1) is 0 Å². The fraction of sp³-hybridized carbons (Fsp3) is 0.344. The minimum absolute atomic E-state index is 0.0237. The lowest BCUT2D eigenvalue weighted by Crippen LogP contribution is -2.64. The van der Waals surface area contributed by atoms with E-state index in [9.17, 15) is 32.3 Å². The number of carboxylic acids is 1. The summed E-state index contributed by atoms with van der Waals surface area (Å²) in [5.41, 5.74) is -0.772. The summed E-state index contributed by atoms with van der Waals surface area (Å²) < 4.78 is 58.2. The van der Waals surface area contributed by atoms with E-state index in [0.717, 1.165) is 5.56 Å². The predicted molar refractivity (Wildman–Crippen MR) is 160 cm³/mol. The summed E-state index contributed by atoms with van der Waals surface area (Å²) in [6.07, 6.45) is -2.66. The summed E-state index contributed by atoms with van der Waals surface area (Å²) in [4.78, 5) is 36.2. The first kappa shape index (κ1) is 33.4. The molecule has 0 aliphatic carbocycles. The van der Waals surface area contributed by atoms with E-state index in [1.54, 1.807) is 20.8 Å². The van der Waals surface area contributed by atoms with Crippen LogP contribution >= 0.6 is 0 Å². The van der Waals surface area contributed by atoms with Crippen LogP contribution in [0, 0.1) is 11.2 Å². The minimum atomic E-state index is -4.04. The van der Waals surface area contributed by atoms with E-state index in [-0.39, 0.29) is 24.4 Å². The van der Waals surface area contributed by atoms with Crippen molar-refractivity contribution in [2.45, 2.75) is 56.9 Å². The van der Waals surface area contributed by atoms with Gasteiger partial charge in [-0.3, -0.25) is 4.79 Å². The monoisotopic (exact) mass is 642 g/mol. The molecule has 1 saturated heterocycles. The van der Waals surface area contributed by atoms with Gasteiger partial charge in [0.25, 0.3) is 0 Å². The molecule has 3 aromatic carbocycles. The third-order valence-corrected chi connectivity index (χ3v) is 8.80. The number of esters is 1. The molecule has 4 rings (SSSR count). The van der Waals surface area contributed by atoms with Crippen LogP contribution < -0.4 is 10.1 Å². The normalized spacial score (nSPS) is 16.0. The number of amides is 1. The van der Waals surface area contributed by atoms with Crippen molar-refractivity contribution in [3.8, 4) is 5.75 Å². The molecule has 2 N–H and O–H groups in total. The van der Waals surface area contributed by atoms with Crippen LogP contribution in [0.3, 0.4) is 0 Å². The van der Waals surface area contributed by atoms with Crippen LogP contribution in [0.5, 0.6) is 5.75 Å². The second-order valence-corrected chi connectivity index (χ2v) is 13.6. The Labute approximate surface area is 261 Å². The number of nitrogens with one attached hydrogen (secondary N) is 1. The molecule has 1 aliphatic heterocycles. The average molecular weight is 643 g/mol. The summed E-state index contributed by atoms with van der Waals surface area (Å²) in [5.74, 6) is -2.04. The summed E-state index contributed by atoms with van der Waals surface area (Å²) in [6, 6.07) is 18.9. The Kier molecular flexibility index (Phi) is 9.83. The summed E-state index contributed by atoms with van der Waals surface area (Å²) >= 11 is 0. The van der Waals surface area contributed by atoms with E-state index < -0.39 is 57.2 Å². The number of ether oxygens (including phenoxy) is 3. The number of benzene rings is 3. The maximum absolute atomic E-state index is 13.6. The SMILES string of the molecule is C[C@H](OC(=O)N[C@@H](Cc1cccc(S(=O)(=O)N2CC(Oc3ccc(F)cc3)(c3ccccc3)C2)c1)C(=O)O)OC(=O)C(C)(C)C. The molecule has 0 saturated carbocycles. The van der Waals surface area contributed by atoms with Gasteiger partial charge < -0.3 is 24.6 Å². The van der Waals surface area contributed by atoms with Gasteiger partial charge in [-0.05, 0) is 68.3 Å². The third-order valence-electron chi connectivity index (χ3n) is 7.01. The molecule has 11 nitrogen and oxygen atoms in total. The predicted octanol–water partition coefficient (Wildman–Crippen LogP) is 4.46. The number of carboxylic acid groups (broad SMARTS) is 1. The smallest absolute Gasteiger partial charge is 0.410 e. The lowest BCUT2D eigenvalue weighted by atomic mass is 9.87. The summed E-state index contributed by atoms with van der Waals surface area (Å²) in [7, 11) is -4.04. The second kappa shape index (κ2) is 13.2. The highest BCUT2D eigenvalue weighted by atomic mass is 32.2. The Morgan fingerprint density at radius 3 is 2.22 bits per heavy atom. The molecular formula is C32H35FN2O9S. The number of carbonyl (C=O) groups is 3. The van der Waals surface area contributed by atoms with Crippen LogP contribution in [0.2, 0.25) is 0 Å². The molecule has 2 atom stereocenters. The van der Waals surface area contributed by atoms with Crippen molar-refractivity contribution in [3.63, 3.8) is 0 Å². The number of sulfonamides is 1. The number of aliphatic carboxylic acids is 1. The van der Waals surface area contributed by atoms with E-state index in [4.69, 9.17) is 14.2 Å². The Hall–Kier alpha value is -4.49. The van der Waals surface area contributed by atoms with Crippen LogP contribution in [0.25, 0.3) is 0 Å². The van der Waals surface area contributed by atoms with Crippen molar-refractivity contribution < 1.29 is 46.5 Å². The first-order chi connectivity index (χ1) is 21.1. The largest absolute Gasteiger partial charge is 0.480 e. The molecule has 1 amide bonds. The lowest BCUT2D eigenvalue weighted by Gasteiger charge is -2.48. The highest BCUT2D eigenvalue weighted by molar-refractivity contribution is 7.89. The number of hydrogen-bond donors (Lipinski definition) is 2. The average Bonchev–Trinajstić information content (AvgIpc) is 2.95. The van der Waals surface area contributed by atoms with Gasteiger partial charge in [0.15, 0.2) is 5.60 Å². The molecule has 0 radical (unpaired) electrons. The molecule has 45 heavy (non-hydrogen) atoms. The lowest BCUT2D eigenvalue weighted by molar-refractivity contribution is -0.174. The standard InChI is InChI=1S/C32H35FN2O9S/c1-21(42-29(38)31(2,3)4)43-30(39)34-27(28(36)37)18-22-9-8-12-26(17-22)45(40,41)35-19-32(20-35,23-10-6-5-7-11-23)44-25-15-13-24(33)14-16-25/h5-17,21,27H,18-20H2,1-4H3,(H,34,39)(H,36,37)/t21-,27-/m0/s1. The van der Waals surface area contributed by atoms with Gasteiger partial charge in [0, 0.05) is 13.3 Å². The summed E-state index contributed by atoms with van der Waals surface area (Å²) in [6.45, 7) is 6.15. The number of alkyl carbamates (subject to hydrolysis) is 1. The maximum Gasteiger partial charge on any atom is 0.410 e. The minimum Gasteiger partial charge on any atom is -0.480 e. The van der Waals surface area contributed by atoms with E-state index in [2.05, 4.69) is 5.32 Å². The molecule has 1 fully saturated rings. The van der Waals surface area contributed by atoms with E-state index in [1.165, 1.54) is 59.8 Å². The molecule has 0 aromatic heterocycles. The number of halogens is 1. The highest BCUT2D eigenvalue weighted by Crippen LogP contribution is 2.40. The zero-order valence-corrected chi connectivity index (χ0v) is 26.0. The van der Waals surface area contributed by atoms with Crippen LogP contribution in [0.15, 0.2) is 83.8 Å². The van der Waals surface area contributed by atoms with Crippen molar-refractivity contribution >= 4 is 28.1 Å². The van der Waals surface area contributed by atoms with Gasteiger partial charge in [-0.2, -0.15) is 4.31 Å². The van der Waals surface area contributed by atoms with Gasteiger partial charge in [0.2, 0.25) is 16.3 Å². The number of nitrogens with zero attached hydrogens (tertiary/aromatic N) is 1. The second-order valence-electron chi connectivity index (χ2n) is 11.7. The molecule has 3 aromatic rings. The third kappa shape index (κ3) is 8.17.